The largest absolute Gasteiger partial charge is 0.329 e. The fourth-order valence-corrected chi connectivity index (χ4v) is 0.951. The SMILES string of the molecule is CC(=O)N(CCN)C(=O)N/C=C(\C)C(C)C. The molecule has 92 valence electrons. The van der Waals surface area contributed by atoms with Crippen LogP contribution in [0.2, 0.25) is 0 Å². The van der Waals surface area contributed by atoms with E-state index in [1.807, 2.05) is 20.8 Å². The Bertz CT molecular complexity index is 285. The van der Waals surface area contributed by atoms with Crippen LogP contribution in [0.1, 0.15) is 27.7 Å². The first-order chi connectivity index (χ1) is 7.40. The van der Waals surface area contributed by atoms with Gasteiger partial charge in [0.1, 0.15) is 0 Å². The maximum atomic E-state index is 11.6. The third-order valence-corrected chi connectivity index (χ3v) is 2.31. The van der Waals surface area contributed by atoms with E-state index in [9.17, 15) is 9.59 Å². The zero-order valence-corrected chi connectivity index (χ0v) is 10.4. The summed E-state index contributed by atoms with van der Waals surface area (Å²) in [6, 6.07) is -0.432. The van der Waals surface area contributed by atoms with Crippen LogP contribution in [0.4, 0.5) is 4.79 Å². The van der Waals surface area contributed by atoms with E-state index in [2.05, 4.69) is 5.32 Å². The molecule has 0 aliphatic carbocycles. The molecule has 0 aliphatic rings. The van der Waals surface area contributed by atoms with E-state index in [4.69, 9.17) is 5.73 Å². The van der Waals surface area contributed by atoms with E-state index in [0.29, 0.717) is 5.92 Å². The molecule has 0 aromatic carbocycles. The van der Waals surface area contributed by atoms with Crippen molar-refractivity contribution in [3.63, 3.8) is 0 Å². The number of rotatable bonds is 4. The molecule has 3 amide bonds. The number of imide groups is 1. The predicted molar refractivity (Wildman–Crippen MR) is 63.6 cm³/mol. The van der Waals surface area contributed by atoms with Crippen LogP contribution in [0, 0.1) is 5.92 Å². The number of nitrogens with one attached hydrogen (secondary N) is 1. The summed E-state index contributed by atoms with van der Waals surface area (Å²) in [5.74, 6) is 0.0548. The average molecular weight is 227 g/mol. The number of nitrogens with zero attached hydrogens (tertiary/aromatic N) is 1. The predicted octanol–water partition coefficient (Wildman–Crippen LogP) is 1.06. The van der Waals surface area contributed by atoms with Crippen molar-refractivity contribution >= 4 is 11.9 Å². The highest BCUT2D eigenvalue weighted by Crippen LogP contribution is 2.05. The lowest BCUT2D eigenvalue weighted by atomic mass is 10.1. The van der Waals surface area contributed by atoms with Crippen LogP contribution >= 0.6 is 0 Å². The fraction of sp³-hybridized carbons (Fsp3) is 0.636. The molecule has 0 aromatic rings. The Morgan fingerprint density at radius 3 is 2.31 bits per heavy atom. The number of urea groups is 1. The van der Waals surface area contributed by atoms with E-state index in [1.54, 1.807) is 6.20 Å². The van der Waals surface area contributed by atoms with Gasteiger partial charge in [-0.15, -0.1) is 0 Å². The highest BCUT2D eigenvalue weighted by molar-refractivity contribution is 5.93. The third-order valence-electron chi connectivity index (χ3n) is 2.31. The summed E-state index contributed by atoms with van der Waals surface area (Å²) in [4.78, 5) is 23.8. The van der Waals surface area contributed by atoms with Crippen molar-refractivity contribution in [2.45, 2.75) is 27.7 Å². The standard InChI is InChI=1S/C11H21N3O2/c1-8(2)9(3)7-13-11(16)14(6-5-12)10(4)15/h7-8H,5-6,12H2,1-4H3,(H,13,16)/b9-7+. The first-order valence-electron chi connectivity index (χ1n) is 5.35. The van der Waals surface area contributed by atoms with Gasteiger partial charge in [-0.2, -0.15) is 0 Å². The fourth-order valence-electron chi connectivity index (χ4n) is 0.951. The zero-order chi connectivity index (χ0) is 12.7. The van der Waals surface area contributed by atoms with Gasteiger partial charge in [-0.3, -0.25) is 9.69 Å². The molecule has 0 atom stereocenters. The van der Waals surface area contributed by atoms with Crippen molar-refractivity contribution in [2.75, 3.05) is 13.1 Å². The van der Waals surface area contributed by atoms with Gasteiger partial charge in [0.25, 0.3) is 0 Å². The summed E-state index contributed by atoms with van der Waals surface area (Å²) in [5.41, 5.74) is 6.37. The van der Waals surface area contributed by atoms with Crippen molar-refractivity contribution in [2.24, 2.45) is 11.7 Å². The van der Waals surface area contributed by atoms with Crippen molar-refractivity contribution in [1.29, 1.82) is 0 Å². The molecule has 0 aliphatic heterocycles. The minimum absolute atomic E-state index is 0.232. The Balaban J connectivity index is 4.43. The second-order valence-electron chi connectivity index (χ2n) is 3.95. The van der Waals surface area contributed by atoms with Crippen LogP contribution in [0.3, 0.4) is 0 Å². The lowest BCUT2D eigenvalue weighted by molar-refractivity contribution is -0.125. The summed E-state index contributed by atoms with van der Waals surface area (Å²) in [6.07, 6.45) is 1.62. The lowest BCUT2D eigenvalue weighted by Crippen LogP contribution is -2.43. The molecule has 0 radical (unpaired) electrons. The Labute approximate surface area is 96.7 Å². The Morgan fingerprint density at radius 1 is 1.38 bits per heavy atom. The zero-order valence-electron chi connectivity index (χ0n) is 10.4. The molecule has 0 heterocycles. The van der Waals surface area contributed by atoms with E-state index in [-0.39, 0.29) is 19.0 Å². The van der Waals surface area contributed by atoms with Gasteiger partial charge in [-0.1, -0.05) is 19.4 Å². The van der Waals surface area contributed by atoms with E-state index < -0.39 is 6.03 Å². The van der Waals surface area contributed by atoms with Gasteiger partial charge >= 0.3 is 6.03 Å². The topological polar surface area (TPSA) is 75.4 Å². The number of hydrogen-bond acceptors (Lipinski definition) is 3. The second-order valence-corrected chi connectivity index (χ2v) is 3.95. The number of allylic oxidation sites excluding steroid dienone is 1. The molecule has 0 aromatic heterocycles. The summed E-state index contributed by atoms with van der Waals surface area (Å²) < 4.78 is 0. The maximum absolute atomic E-state index is 11.6. The summed E-state index contributed by atoms with van der Waals surface area (Å²) in [6.45, 7) is 7.82. The molecule has 0 saturated heterocycles. The van der Waals surface area contributed by atoms with Gasteiger partial charge in [0.2, 0.25) is 5.91 Å². The lowest BCUT2D eigenvalue weighted by Gasteiger charge is -2.18. The van der Waals surface area contributed by atoms with Gasteiger partial charge in [-0.25, -0.2) is 4.79 Å². The molecule has 0 unspecified atom stereocenters. The first-order valence-corrected chi connectivity index (χ1v) is 5.35. The highest BCUT2D eigenvalue weighted by Gasteiger charge is 2.15. The number of amides is 3. The minimum Gasteiger partial charge on any atom is -0.329 e. The quantitative estimate of drug-likeness (QED) is 0.754. The molecule has 0 fully saturated rings. The van der Waals surface area contributed by atoms with Gasteiger partial charge in [0.15, 0.2) is 0 Å². The third kappa shape index (κ3) is 4.93. The van der Waals surface area contributed by atoms with Crippen LogP contribution in [-0.4, -0.2) is 29.9 Å². The van der Waals surface area contributed by atoms with Crippen LogP contribution < -0.4 is 11.1 Å². The molecule has 16 heavy (non-hydrogen) atoms. The van der Waals surface area contributed by atoms with E-state index >= 15 is 0 Å². The van der Waals surface area contributed by atoms with Gasteiger partial charge in [0.05, 0.1) is 0 Å². The average Bonchev–Trinajstić information content (AvgIpc) is 2.21. The maximum Gasteiger partial charge on any atom is 0.328 e. The van der Waals surface area contributed by atoms with Crippen molar-refractivity contribution in [3.8, 4) is 0 Å². The monoisotopic (exact) mass is 227 g/mol. The Hall–Kier alpha value is -1.36. The normalized spacial score (nSPS) is 11.5. The molecule has 0 saturated carbocycles. The number of carbonyl (C=O) groups excluding carboxylic acids is 2. The summed E-state index contributed by atoms with van der Waals surface area (Å²) >= 11 is 0. The molecule has 3 N–H and O–H groups in total. The molecule has 0 bridgehead atoms. The molecular weight excluding hydrogens is 206 g/mol. The van der Waals surface area contributed by atoms with Crippen molar-refractivity contribution < 1.29 is 9.59 Å². The molecule has 5 heteroatoms. The van der Waals surface area contributed by atoms with Crippen molar-refractivity contribution in [3.05, 3.63) is 11.8 Å². The van der Waals surface area contributed by atoms with Gasteiger partial charge in [0, 0.05) is 26.2 Å². The Kier molecular flexibility index (Phi) is 6.41. The van der Waals surface area contributed by atoms with Crippen LogP contribution in [0.15, 0.2) is 11.8 Å². The minimum atomic E-state index is -0.432. The highest BCUT2D eigenvalue weighted by atomic mass is 16.2. The molecule has 0 spiro atoms. The Morgan fingerprint density at radius 2 is 1.94 bits per heavy atom. The summed E-state index contributed by atoms with van der Waals surface area (Å²) in [5, 5.41) is 2.58. The molecular formula is C11H21N3O2. The van der Waals surface area contributed by atoms with Crippen molar-refractivity contribution in [1.82, 2.24) is 10.2 Å². The smallest absolute Gasteiger partial charge is 0.328 e. The van der Waals surface area contributed by atoms with Gasteiger partial charge < -0.3 is 11.1 Å². The molecule has 5 nitrogen and oxygen atoms in total. The van der Waals surface area contributed by atoms with Crippen LogP contribution in [0.25, 0.3) is 0 Å². The molecule has 0 rings (SSSR count). The van der Waals surface area contributed by atoms with Crippen LogP contribution in [-0.2, 0) is 4.79 Å². The number of nitrogens with two attached hydrogens (primary N) is 1. The van der Waals surface area contributed by atoms with E-state index in [1.165, 1.54) is 6.92 Å². The first kappa shape index (κ1) is 14.6. The summed E-state index contributed by atoms with van der Waals surface area (Å²) in [7, 11) is 0. The number of hydrogen-bond donors (Lipinski definition) is 2. The number of carbonyl (C=O) groups is 2. The second kappa shape index (κ2) is 7.00. The van der Waals surface area contributed by atoms with Crippen LogP contribution in [0.5, 0.6) is 0 Å². The van der Waals surface area contributed by atoms with Gasteiger partial charge in [-0.05, 0) is 12.8 Å². The van der Waals surface area contributed by atoms with E-state index in [0.717, 1.165) is 10.5 Å².